The molecule has 4 rings (SSSR count). The van der Waals surface area contributed by atoms with Gasteiger partial charge in [-0.15, -0.1) is 0 Å². The second-order valence-electron chi connectivity index (χ2n) is 8.96. The van der Waals surface area contributed by atoms with Crippen LogP contribution in [-0.2, 0) is 11.3 Å². The topological polar surface area (TPSA) is 136 Å². The van der Waals surface area contributed by atoms with Gasteiger partial charge >= 0.3 is 6.61 Å². The van der Waals surface area contributed by atoms with Crippen molar-refractivity contribution in [2.45, 2.75) is 32.9 Å². The van der Waals surface area contributed by atoms with E-state index >= 15 is 0 Å². The monoisotopic (exact) mass is 561 g/mol. The summed E-state index contributed by atoms with van der Waals surface area (Å²) in [5.41, 5.74) is 0.00424. The summed E-state index contributed by atoms with van der Waals surface area (Å²) in [4.78, 5) is 29.7. The molecule has 0 bridgehead atoms. The Hall–Kier alpha value is -4.10. The van der Waals surface area contributed by atoms with Crippen LogP contribution in [0.15, 0.2) is 41.7 Å². The van der Waals surface area contributed by atoms with E-state index in [1.54, 1.807) is 19.2 Å². The minimum Gasteiger partial charge on any atom is -0.434 e. The van der Waals surface area contributed by atoms with E-state index in [-0.39, 0.29) is 63.6 Å². The molecule has 3 N–H and O–H groups in total. The fraction of sp³-hybridized carbons (Fsp3) is 0.320. The molecular formula is C25H26ClF2N7O4. The molecule has 206 valence electrons. The van der Waals surface area contributed by atoms with Gasteiger partial charge in [0.05, 0.1) is 18.5 Å². The molecule has 1 aromatic carbocycles. The third-order valence-electron chi connectivity index (χ3n) is 6.14. The molecule has 0 saturated heterocycles. The van der Waals surface area contributed by atoms with Crippen LogP contribution < -0.4 is 15.4 Å². The average molecular weight is 562 g/mol. The van der Waals surface area contributed by atoms with E-state index in [2.05, 4.69) is 37.3 Å². The molecule has 0 spiro atoms. The van der Waals surface area contributed by atoms with Crippen molar-refractivity contribution in [2.75, 3.05) is 18.5 Å². The lowest BCUT2D eigenvalue weighted by Crippen LogP contribution is -2.34. The second kappa shape index (κ2) is 11.7. The number of rotatable bonds is 12. The summed E-state index contributed by atoms with van der Waals surface area (Å²) >= 11 is 6.14. The maximum absolute atomic E-state index is 13.2. The first kappa shape index (κ1) is 27.9. The summed E-state index contributed by atoms with van der Waals surface area (Å²) in [6.45, 7) is 2.17. The van der Waals surface area contributed by atoms with Crippen LogP contribution in [0.1, 0.15) is 30.1 Å². The number of aliphatic hydroxyl groups excluding tert-OH is 1. The molecule has 2 heterocycles. The van der Waals surface area contributed by atoms with Gasteiger partial charge in [0.15, 0.2) is 5.82 Å². The van der Waals surface area contributed by atoms with Crippen molar-refractivity contribution in [3.05, 3.63) is 47.3 Å². The highest BCUT2D eigenvalue weighted by Gasteiger charge is 2.42. The number of carbonyl (C=O) groups is 2. The Balaban J connectivity index is 1.67. The molecule has 1 aliphatic carbocycles. The Kier molecular flexibility index (Phi) is 8.41. The van der Waals surface area contributed by atoms with Crippen LogP contribution in [0.3, 0.4) is 0 Å². The van der Waals surface area contributed by atoms with Crippen LogP contribution in [0.25, 0.3) is 17.5 Å². The van der Waals surface area contributed by atoms with E-state index in [1.807, 2.05) is 0 Å². The Morgan fingerprint density at radius 1 is 1.38 bits per heavy atom. The van der Waals surface area contributed by atoms with Crippen LogP contribution in [0, 0.1) is 5.41 Å². The first-order valence-corrected chi connectivity index (χ1v) is 12.2. The Morgan fingerprint density at radius 3 is 2.79 bits per heavy atom. The number of aromatic nitrogens is 4. The molecule has 11 nitrogen and oxygen atoms in total. The number of aliphatic imine (C=N–C) groups is 1. The molecule has 1 fully saturated rings. The van der Waals surface area contributed by atoms with E-state index in [1.165, 1.54) is 40.0 Å². The second-order valence-corrected chi connectivity index (χ2v) is 9.40. The minimum absolute atomic E-state index is 0.0246. The number of anilines is 1. The first-order chi connectivity index (χ1) is 18.7. The van der Waals surface area contributed by atoms with Gasteiger partial charge in [-0.3, -0.25) is 14.3 Å². The first-order valence-electron chi connectivity index (χ1n) is 11.9. The van der Waals surface area contributed by atoms with Crippen molar-refractivity contribution in [3.8, 4) is 17.0 Å². The van der Waals surface area contributed by atoms with Crippen LogP contribution in [0.5, 0.6) is 5.75 Å². The zero-order valence-corrected chi connectivity index (χ0v) is 21.7. The summed E-state index contributed by atoms with van der Waals surface area (Å²) in [6, 6.07) is 3.99. The molecule has 3 aromatic rings. The van der Waals surface area contributed by atoms with Crippen molar-refractivity contribution in [3.63, 3.8) is 0 Å². The number of hydrogen-bond acceptors (Lipinski definition) is 7. The smallest absolute Gasteiger partial charge is 0.387 e. The largest absolute Gasteiger partial charge is 0.434 e. The quantitative estimate of drug-likeness (QED) is 0.286. The summed E-state index contributed by atoms with van der Waals surface area (Å²) in [6.07, 6.45) is 7.61. The third-order valence-corrected chi connectivity index (χ3v) is 6.37. The van der Waals surface area contributed by atoms with Crippen molar-refractivity contribution >= 4 is 47.8 Å². The number of carbonyl (C=O) groups excluding carboxylic acids is 2. The third kappa shape index (κ3) is 6.49. The lowest BCUT2D eigenvalue weighted by Gasteiger charge is -2.12. The minimum atomic E-state index is -3.13. The zero-order chi connectivity index (χ0) is 28.2. The van der Waals surface area contributed by atoms with Crippen molar-refractivity contribution in [2.24, 2.45) is 10.4 Å². The molecule has 1 aliphatic rings. The molecule has 0 atom stereocenters. The predicted octanol–water partition coefficient (Wildman–Crippen LogP) is 3.97. The summed E-state index contributed by atoms with van der Waals surface area (Å²) < 4.78 is 33.5. The molecule has 0 aliphatic heterocycles. The van der Waals surface area contributed by atoms with Gasteiger partial charge in [-0.1, -0.05) is 17.7 Å². The molecular weight excluding hydrogens is 536 g/mol. The Morgan fingerprint density at radius 2 is 2.15 bits per heavy atom. The van der Waals surface area contributed by atoms with Gasteiger partial charge in [-0.25, -0.2) is 9.67 Å². The number of alkyl halides is 2. The Bertz CT molecular complexity index is 1420. The number of benzene rings is 1. The lowest BCUT2D eigenvalue weighted by atomic mass is 10.1. The zero-order valence-electron chi connectivity index (χ0n) is 20.9. The standard InChI is InChI=1S/C25H26ClF2N7O4/c1-3-8-35-22(29-2)17(10-31-35)23(38)32-18-11-34(12-20(37)30-13-25(14-36)6-7-25)33-21(18)16-9-15(26)4-5-19(16)39-24(27)28/h3-5,8-11,24,36H,2,6-7,12-14H2,1H3,(H,30,37)(H,32,38)/b8-3-. The number of amides is 2. The number of nitrogens with zero attached hydrogens (tertiary/aromatic N) is 5. The van der Waals surface area contributed by atoms with Gasteiger partial charge < -0.3 is 20.5 Å². The van der Waals surface area contributed by atoms with E-state index in [0.29, 0.717) is 6.54 Å². The number of nitrogens with one attached hydrogen (secondary N) is 2. The summed E-state index contributed by atoms with van der Waals surface area (Å²) in [5, 5.41) is 23.6. The highest BCUT2D eigenvalue weighted by atomic mass is 35.5. The van der Waals surface area contributed by atoms with E-state index < -0.39 is 12.5 Å². The Labute approximate surface area is 227 Å². The van der Waals surface area contributed by atoms with Crippen LogP contribution in [-0.4, -0.2) is 63.0 Å². The lowest BCUT2D eigenvalue weighted by molar-refractivity contribution is -0.122. The fourth-order valence-electron chi connectivity index (χ4n) is 3.85. The maximum atomic E-state index is 13.2. The molecule has 2 amide bonds. The van der Waals surface area contributed by atoms with E-state index in [4.69, 9.17) is 11.6 Å². The number of halogens is 3. The number of hydrogen-bond donors (Lipinski definition) is 3. The van der Waals surface area contributed by atoms with Crippen molar-refractivity contribution in [1.82, 2.24) is 24.9 Å². The molecule has 2 aromatic heterocycles. The predicted molar refractivity (Wildman–Crippen MR) is 141 cm³/mol. The van der Waals surface area contributed by atoms with E-state index in [9.17, 15) is 23.5 Å². The maximum Gasteiger partial charge on any atom is 0.387 e. The summed E-state index contributed by atoms with van der Waals surface area (Å²) in [5.74, 6) is -1.06. The highest BCUT2D eigenvalue weighted by molar-refractivity contribution is 6.31. The normalized spacial score (nSPS) is 14.0. The van der Waals surface area contributed by atoms with Gasteiger partial charge in [0.2, 0.25) is 5.91 Å². The molecule has 14 heteroatoms. The number of aliphatic hydroxyl groups is 1. The average Bonchev–Trinajstić information content (AvgIpc) is 3.41. The molecule has 1 saturated carbocycles. The van der Waals surface area contributed by atoms with E-state index in [0.717, 1.165) is 12.8 Å². The number of allylic oxidation sites excluding steroid dienone is 1. The van der Waals surface area contributed by atoms with Crippen molar-refractivity contribution < 1.29 is 28.2 Å². The highest BCUT2D eigenvalue weighted by Crippen LogP contribution is 2.44. The van der Waals surface area contributed by atoms with Gasteiger partial charge in [0, 0.05) is 34.9 Å². The van der Waals surface area contributed by atoms with Gasteiger partial charge in [-0.05, 0) is 44.7 Å². The summed E-state index contributed by atoms with van der Waals surface area (Å²) in [7, 11) is 0. The van der Waals surface area contributed by atoms with Crippen LogP contribution >= 0.6 is 11.6 Å². The van der Waals surface area contributed by atoms with Gasteiger partial charge in [0.25, 0.3) is 5.91 Å². The van der Waals surface area contributed by atoms with Crippen LogP contribution in [0.4, 0.5) is 20.3 Å². The van der Waals surface area contributed by atoms with Crippen molar-refractivity contribution in [1.29, 1.82) is 0 Å². The van der Waals surface area contributed by atoms with Crippen LogP contribution in [0.2, 0.25) is 5.02 Å². The number of ether oxygens (including phenoxy) is 1. The molecule has 0 radical (unpaired) electrons. The molecule has 39 heavy (non-hydrogen) atoms. The molecule has 0 unspecified atom stereocenters. The SMILES string of the molecule is C=Nc1c(C(=O)Nc2cn(CC(=O)NCC3(CO)CC3)nc2-c2cc(Cl)ccc2OC(F)F)cnn1/C=C\C. The van der Waals surface area contributed by atoms with Gasteiger partial charge in [0.1, 0.15) is 23.6 Å². The van der Waals surface area contributed by atoms with Gasteiger partial charge in [-0.2, -0.15) is 19.0 Å². The fourth-order valence-corrected chi connectivity index (χ4v) is 4.02.